The third kappa shape index (κ3) is 2.29. The number of aliphatic hydroxyl groups is 1. The topological polar surface area (TPSA) is 52.1 Å². The lowest BCUT2D eigenvalue weighted by Gasteiger charge is -2.19. The Kier molecular flexibility index (Phi) is 2.61. The van der Waals surface area contributed by atoms with Crippen molar-refractivity contribution in [3.8, 4) is 0 Å². The summed E-state index contributed by atoms with van der Waals surface area (Å²) in [5, 5.41) is 15.7. The molecule has 0 radical (unpaired) electrons. The number of nitrogens with one attached hydrogen (secondary N) is 1. The van der Waals surface area contributed by atoms with Gasteiger partial charge in [0.1, 0.15) is 0 Å². The lowest BCUT2D eigenvalue weighted by molar-refractivity contribution is 0.182. The van der Waals surface area contributed by atoms with Gasteiger partial charge in [-0.05, 0) is 18.9 Å². The number of H-pyrrole nitrogens is 1. The summed E-state index contributed by atoms with van der Waals surface area (Å²) in [5.74, 6) is 0. The minimum absolute atomic E-state index is 0.241. The van der Waals surface area contributed by atoms with Crippen LogP contribution in [0.5, 0.6) is 0 Å². The Morgan fingerprint density at radius 2 is 2.46 bits per heavy atom. The normalized spacial score (nSPS) is 16.8. The van der Waals surface area contributed by atoms with E-state index >= 15 is 0 Å². The van der Waals surface area contributed by atoms with E-state index < -0.39 is 0 Å². The first-order valence-corrected chi connectivity index (χ1v) is 4.73. The molecule has 0 aliphatic heterocycles. The molecular formula is C9H15N3O. The van der Waals surface area contributed by atoms with E-state index in [1.54, 1.807) is 6.20 Å². The van der Waals surface area contributed by atoms with Gasteiger partial charge in [0, 0.05) is 31.0 Å². The van der Waals surface area contributed by atoms with Gasteiger partial charge in [0.15, 0.2) is 0 Å². The average Bonchev–Trinajstić information content (AvgIpc) is 2.85. The molecule has 0 unspecified atom stereocenters. The van der Waals surface area contributed by atoms with Gasteiger partial charge >= 0.3 is 0 Å². The Labute approximate surface area is 77.6 Å². The lowest BCUT2D eigenvalue weighted by atomic mass is 10.3. The maximum Gasteiger partial charge on any atom is 0.0558 e. The first-order valence-electron chi connectivity index (χ1n) is 4.73. The number of rotatable bonds is 5. The second-order valence-electron chi connectivity index (χ2n) is 3.51. The minimum atomic E-state index is 0.241. The van der Waals surface area contributed by atoms with Crippen molar-refractivity contribution in [2.75, 3.05) is 13.2 Å². The van der Waals surface area contributed by atoms with Crippen LogP contribution in [0.15, 0.2) is 12.3 Å². The van der Waals surface area contributed by atoms with Crippen molar-refractivity contribution < 1.29 is 5.11 Å². The van der Waals surface area contributed by atoms with E-state index in [4.69, 9.17) is 5.11 Å². The smallest absolute Gasteiger partial charge is 0.0558 e. The molecule has 1 aliphatic carbocycles. The Morgan fingerprint density at radius 3 is 3.00 bits per heavy atom. The number of hydrogen-bond donors (Lipinski definition) is 2. The molecule has 1 fully saturated rings. The zero-order valence-electron chi connectivity index (χ0n) is 7.61. The second kappa shape index (κ2) is 3.89. The van der Waals surface area contributed by atoms with Gasteiger partial charge in [-0.1, -0.05) is 0 Å². The van der Waals surface area contributed by atoms with Crippen molar-refractivity contribution in [3.63, 3.8) is 0 Å². The van der Waals surface area contributed by atoms with Crippen LogP contribution < -0.4 is 0 Å². The molecule has 0 bridgehead atoms. The summed E-state index contributed by atoms with van der Waals surface area (Å²) in [6.45, 7) is 1.89. The second-order valence-corrected chi connectivity index (χ2v) is 3.51. The predicted molar refractivity (Wildman–Crippen MR) is 49.1 cm³/mol. The zero-order valence-corrected chi connectivity index (χ0v) is 7.61. The predicted octanol–water partition coefficient (Wildman–Crippen LogP) is 0.366. The third-order valence-corrected chi connectivity index (χ3v) is 2.38. The highest BCUT2D eigenvalue weighted by molar-refractivity contribution is 4.99. The number of aromatic amines is 1. The summed E-state index contributed by atoms with van der Waals surface area (Å²) in [5.41, 5.74) is 1.13. The maximum absolute atomic E-state index is 8.87. The van der Waals surface area contributed by atoms with Crippen LogP contribution in [-0.4, -0.2) is 39.4 Å². The Morgan fingerprint density at radius 1 is 1.62 bits per heavy atom. The van der Waals surface area contributed by atoms with Crippen LogP contribution in [0.3, 0.4) is 0 Å². The molecule has 1 saturated carbocycles. The van der Waals surface area contributed by atoms with Crippen LogP contribution in [-0.2, 0) is 6.54 Å². The molecule has 1 aromatic heterocycles. The summed E-state index contributed by atoms with van der Waals surface area (Å²) in [4.78, 5) is 2.30. The largest absolute Gasteiger partial charge is 0.395 e. The third-order valence-electron chi connectivity index (χ3n) is 2.38. The van der Waals surface area contributed by atoms with E-state index in [-0.39, 0.29) is 6.61 Å². The van der Waals surface area contributed by atoms with Crippen LogP contribution in [0.1, 0.15) is 18.5 Å². The quantitative estimate of drug-likeness (QED) is 0.690. The molecule has 1 heterocycles. The Bertz CT molecular complexity index is 243. The van der Waals surface area contributed by atoms with Crippen molar-refractivity contribution in [2.24, 2.45) is 0 Å². The summed E-state index contributed by atoms with van der Waals surface area (Å²) in [6.07, 6.45) is 4.31. The monoisotopic (exact) mass is 181 g/mol. The Balaban J connectivity index is 1.89. The molecule has 0 atom stereocenters. The van der Waals surface area contributed by atoms with E-state index in [0.29, 0.717) is 6.04 Å². The fourth-order valence-corrected chi connectivity index (χ4v) is 1.55. The van der Waals surface area contributed by atoms with Gasteiger partial charge in [-0.15, -0.1) is 0 Å². The first kappa shape index (κ1) is 8.72. The van der Waals surface area contributed by atoms with E-state index in [9.17, 15) is 0 Å². The molecule has 4 heteroatoms. The molecule has 1 aliphatic rings. The standard InChI is InChI=1S/C9H15N3O/c13-6-5-12(9-1-2-9)7-8-3-4-10-11-8/h3-4,9,13H,1-2,5-7H2,(H,10,11). The van der Waals surface area contributed by atoms with Crippen molar-refractivity contribution in [1.82, 2.24) is 15.1 Å². The van der Waals surface area contributed by atoms with Gasteiger partial charge in [-0.3, -0.25) is 10.00 Å². The van der Waals surface area contributed by atoms with Gasteiger partial charge in [0.2, 0.25) is 0 Å². The van der Waals surface area contributed by atoms with E-state index in [0.717, 1.165) is 18.8 Å². The number of nitrogens with zero attached hydrogens (tertiary/aromatic N) is 2. The molecule has 0 amide bonds. The first-order chi connectivity index (χ1) is 6.40. The molecule has 0 aromatic carbocycles. The molecule has 1 aromatic rings. The highest BCUT2D eigenvalue weighted by Gasteiger charge is 2.28. The van der Waals surface area contributed by atoms with Crippen molar-refractivity contribution in [2.45, 2.75) is 25.4 Å². The van der Waals surface area contributed by atoms with Crippen molar-refractivity contribution in [1.29, 1.82) is 0 Å². The van der Waals surface area contributed by atoms with Crippen molar-refractivity contribution in [3.05, 3.63) is 18.0 Å². The highest BCUT2D eigenvalue weighted by atomic mass is 16.3. The lowest BCUT2D eigenvalue weighted by Crippen LogP contribution is -2.28. The number of hydrogen-bond acceptors (Lipinski definition) is 3. The minimum Gasteiger partial charge on any atom is -0.395 e. The van der Waals surface area contributed by atoms with E-state index in [1.165, 1.54) is 12.8 Å². The summed E-state index contributed by atoms with van der Waals surface area (Å²) in [6, 6.07) is 2.67. The molecule has 13 heavy (non-hydrogen) atoms. The van der Waals surface area contributed by atoms with E-state index in [1.807, 2.05) is 6.07 Å². The number of aromatic nitrogens is 2. The highest BCUT2D eigenvalue weighted by Crippen LogP contribution is 2.27. The molecule has 2 rings (SSSR count). The summed E-state index contributed by atoms with van der Waals surface area (Å²) < 4.78 is 0. The summed E-state index contributed by atoms with van der Waals surface area (Å²) >= 11 is 0. The SMILES string of the molecule is OCCN(Cc1ccn[nH]1)C1CC1. The van der Waals surface area contributed by atoms with Crippen LogP contribution in [0.4, 0.5) is 0 Å². The Hall–Kier alpha value is -0.870. The van der Waals surface area contributed by atoms with Crippen molar-refractivity contribution >= 4 is 0 Å². The zero-order chi connectivity index (χ0) is 9.10. The molecule has 2 N–H and O–H groups in total. The van der Waals surface area contributed by atoms with Gasteiger partial charge in [-0.25, -0.2) is 0 Å². The molecule has 0 spiro atoms. The van der Waals surface area contributed by atoms with Crippen LogP contribution >= 0.6 is 0 Å². The fourth-order valence-electron chi connectivity index (χ4n) is 1.55. The molecule has 0 saturated heterocycles. The maximum atomic E-state index is 8.87. The van der Waals surface area contributed by atoms with E-state index in [2.05, 4.69) is 15.1 Å². The van der Waals surface area contributed by atoms with Crippen LogP contribution in [0.2, 0.25) is 0 Å². The fraction of sp³-hybridized carbons (Fsp3) is 0.667. The average molecular weight is 181 g/mol. The van der Waals surface area contributed by atoms with Gasteiger partial charge in [-0.2, -0.15) is 5.10 Å². The van der Waals surface area contributed by atoms with Crippen LogP contribution in [0, 0.1) is 0 Å². The number of aliphatic hydroxyl groups excluding tert-OH is 1. The van der Waals surface area contributed by atoms with Gasteiger partial charge in [0.05, 0.1) is 6.61 Å². The van der Waals surface area contributed by atoms with Gasteiger partial charge < -0.3 is 5.11 Å². The summed E-state index contributed by atoms with van der Waals surface area (Å²) in [7, 11) is 0. The van der Waals surface area contributed by atoms with Gasteiger partial charge in [0.25, 0.3) is 0 Å². The molecule has 72 valence electrons. The molecule has 4 nitrogen and oxygen atoms in total. The molecular weight excluding hydrogens is 166 g/mol. The van der Waals surface area contributed by atoms with Crippen LogP contribution in [0.25, 0.3) is 0 Å².